The van der Waals surface area contributed by atoms with Crippen LogP contribution in [-0.4, -0.2) is 24.0 Å². The van der Waals surface area contributed by atoms with Crippen LogP contribution in [0.1, 0.15) is 47.8 Å². The lowest BCUT2D eigenvalue weighted by atomic mass is 9.73. The molecule has 2 aromatic rings. The van der Waals surface area contributed by atoms with Crippen molar-refractivity contribution in [2.24, 2.45) is 0 Å². The molecule has 0 spiro atoms. The van der Waals surface area contributed by atoms with Gasteiger partial charge in [-0.3, -0.25) is 4.90 Å². The monoisotopic (exact) mass is 309 g/mol. The molecule has 2 saturated heterocycles. The van der Waals surface area contributed by atoms with Crippen molar-refractivity contribution in [2.45, 2.75) is 50.1 Å². The molecule has 2 aliphatic rings. The molecule has 1 nitrogen and oxygen atoms in total. The highest BCUT2D eigenvalue weighted by Gasteiger charge is 2.46. The van der Waals surface area contributed by atoms with Crippen LogP contribution in [0.15, 0.2) is 48.5 Å². The maximum absolute atomic E-state index is 13.4. The zero-order chi connectivity index (χ0) is 16.0. The Morgan fingerprint density at radius 1 is 0.913 bits per heavy atom. The zero-order valence-corrected chi connectivity index (χ0v) is 13.9. The molecule has 2 aliphatic heterocycles. The van der Waals surface area contributed by atoms with Gasteiger partial charge < -0.3 is 0 Å². The van der Waals surface area contributed by atoms with Gasteiger partial charge in [0.05, 0.1) is 0 Å². The van der Waals surface area contributed by atoms with Gasteiger partial charge in [0.25, 0.3) is 0 Å². The molecule has 0 aromatic heterocycles. The van der Waals surface area contributed by atoms with Crippen LogP contribution in [0.5, 0.6) is 0 Å². The summed E-state index contributed by atoms with van der Waals surface area (Å²) in [4.78, 5) is 2.57. The largest absolute Gasteiger partial charge is 0.300 e. The van der Waals surface area contributed by atoms with E-state index in [2.05, 4.69) is 43.1 Å². The first-order chi connectivity index (χ1) is 11.1. The summed E-state index contributed by atoms with van der Waals surface area (Å²) in [7, 11) is 2.27. The van der Waals surface area contributed by atoms with Gasteiger partial charge in [-0.25, -0.2) is 4.39 Å². The summed E-state index contributed by atoms with van der Waals surface area (Å²) in [5.74, 6) is 0.853. The van der Waals surface area contributed by atoms with Gasteiger partial charge in [-0.15, -0.1) is 0 Å². The second-order valence-corrected chi connectivity index (χ2v) is 7.29. The zero-order valence-electron chi connectivity index (χ0n) is 13.9. The quantitative estimate of drug-likeness (QED) is 0.765. The van der Waals surface area contributed by atoms with E-state index >= 15 is 0 Å². The Hall–Kier alpha value is -1.67. The minimum atomic E-state index is -0.144. The maximum atomic E-state index is 13.4. The van der Waals surface area contributed by atoms with Crippen molar-refractivity contribution in [1.29, 1.82) is 0 Å². The van der Waals surface area contributed by atoms with Crippen molar-refractivity contribution in [3.8, 4) is 0 Å². The van der Waals surface area contributed by atoms with Crippen molar-refractivity contribution in [3.63, 3.8) is 0 Å². The van der Waals surface area contributed by atoms with Gasteiger partial charge in [0.1, 0.15) is 5.82 Å². The van der Waals surface area contributed by atoms with Crippen LogP contribution in [0.2, 0.25) is 0 Å². The van der Waals surface area contributed by atoms with Gasteiger partial charge in [0.15, 0.2) is 0 Å². The summed E-state index contributed by atoms with van der Waals surface area (Å²) < 4.78 is 13.4. The third-order valence-corrected chi connectivity index (χ3v) is 6.03. The van der Waals surface area contributed by atoms with E-state index < -0.39 is 0 Å². The van der Waals surface area contributed by atoms with Gasteiger partial charge in [-0.1, -0.05) is 42.0 Å². The molecule has 23 heavy (non-hydrogen) atoms. The molecule has 0 amide bonds. The van der Waals surface area contributed by atoms with Crippen molar-refractivity contribution in [3.05, 3.63) is 71.0 Å². The Balaban J connectivity index is 1.76. The smallest absolute Gasteiger partial charge is 0.123 e. The second kappa shape index (κ2) is 5.76. The fourth-order valence-corrected chi connectivity index (χ4v) is 4.76. The highest BCUT2D eigenvalue weighted by Crippen LogP contribution is 2.50. The van der Waals surface area contributed by atoms with E-state index in [9.17, 15) is 4.39 Å². The van der Waals surface area contributed by atoms with E-state index in [0.717, 1.165) is 0 Å². The molecule has 2 aromatic carbocycles. The number of nitrogens with zero attached hydrogens (tertiary/aromatic N) is 1. The highest BCUT2D eigenvalue weighted by molar-refractivity contribution is 5.34. The van der Waals surface area contributed by atoms with Crippen LogP contribution in [0, 0.1) is 12.7 Å². The molecular formula is C21H24FN. The number of aryl methyl sites for hydroxylation is 1. The molecule has 0 aliphatic carbocycles. The molecule has 120 valence electrons. The normalized spacial score (nSPS) is 30.6. The first kappa shape index (κ1) is 14.9. The summed E-state index contributed by atoms with van der Waals surface area (Å²) in [5.41, 5.74) is 4.03. The lowest BCUT2D eigenvalue weighted by Crippen LogP contribution is -2.44. The molecule has 2 heteroatoms. The SMILES string of the molecule is Cc1ccc([C@H]2C[C@H]3CC[C@@H]([C@H]2c2ccc(F)cc2)N3C)cc1. The average molecular weight is 309 g/mol. The van der Waals surface area contributed by atoms with Crippen LogP contribution < -0.4 is 0 Å². The molecule has 4 rings (SSSR count). The Morgan fingerprint density at radius 2 is 1.57 bits per heavy atom. The number of likely N-dealkylation sites (N-methyl/N-ethyl adjacent to an activating group) is 1. The number of piperidine rings is 1. The summed E-state index contributed by atoms with van der Waals surface area (Å²) in [6.07, 6.45) is 3.75. The number of halogens is 1. The molecule has 2 fully saturated rings. The first-order valence-corrected chi connectivity index (χ1v) is 8.67. The summed E-state index contributed by atoms with van der Waals surface area (Å²) in [5, 5.41) is 0. The van der Waals surface area contributed by atoms with E-state index in [1.807, 2.05) is 12.1 Å². The van der Waals surface area contributed by atoms with E-state index in [4.69, 9.17) is 0 Å². The van der Waals surface area contributed by atoms with Gasteiger partial charge in [0, 0.05) is 18.0 Å². The highest BCUT2D eigenvalue weighted by atomic mass is 19.1. The molecule has 0 radical (unpaired) electrons. The van der Waals surface area contributed by atoms with Crippen molar-refractivity contribution >= 4 is 0 Å². The molecule has 4 atom stereocenters. The van der Waals surface area contributed by atoms with Crippen LogP contribution in [0.25, 0.3) is 0 Å². The van der Waals surface area contributed by atoms with Crippen molar-refractivity contribution in [1.82, 2.24) is 4.90 Å². The lowest BCUT2D eigenvalue weighted by Gasteiger charge is -2.43. The van der Waals surface area contributed by atoms with Gasteiger partial charge in [0.2, 0.25) is 0 Å². The topological polar surface area (TPSA) is 3.24 Å². The number of fused-ring (bicyclic) bond motifs is 2. The molecule has 0 N–H and O–H groups in total. The van der Waals surface area contributed by atoms with Crippen molar-refractivity contribution < 1.29 is 4.39 Å². The number of benzene rings is 2. The minimum Gasteiger partial charge on any atom is -0.300 e. The van der Waals surface area contributed by atoms with Crippen molar-refractivity contribution in [2.75, 3.05) is 7.05 Å². The lowest BCUT2D eigenvalue weighted by molar-refractivity contribution is 0.137. The predicted molar refractivity (Wildman–Crippen MR) is 92.3 cm³/mol. The van der Waals surface area contributed by atoms with Crippen LogP contribution in [0.4, 0.5) is 4.39 Å². The fourth-order valence-electron chi connectivity index (χ4n) is 4.76. The summed E-state index contributed by atoms with van der Waals surface area (Å²) in [6.45, 7) is 2.14. The molecule has 2 bridgehead atoms. The number of rotatable bonds is 2. The molecule has 2 heterocycles. The molecule has 0 saturated carbocycles. The van der Waals surface area contributed by atoms with E-state index in [1.165, 1.54) is 36.0 Å². The van der Waals surface area contributed by atoms with Crippen LogP contribution in [-0.2, 0) is 0 Å². The molecule has 0 unspecified atom stereocenters. The van der Waals surface area contributed by atoms with Gasteiger partial charge in [-0.05, 0) is 62.4 Å². The van der Waals surface area contributed by atoms with Crippen LogP contribution in [0.3, 0.4) is 0 Å². The third-order valence-electron chi connectivity index (χ3n) is 6.03. The second-order valence-electron chi connectivity index (χ2n) is 7.29. The Kier molecular flexibility index (Phi) is 3.73. The predicted octanol–water partition coefficient (Wildman–Crippen LogP) is 4.87. The third kappa shape index (κ3) is 2.59. The Morgan fingerprint density at radius 3 is 2.26 bits per heavy atom. The molecular weight excluding hydrogens is 285 g/mol. The number of hydrogen-bond acceptors (Lipinski definition) is 1. The Labute approximate surface area is 138 Å². The van der Waals surface area contributed by atoms with Gasteiger partial charge in [-0.2, -0.15) is 0 Å². The Bertz CT molecular complexity index is 676. The van der Waals surface area contributed by atoms with E-state index in [1.54, 1.807) is 12.1 Å². The van der Waals surface area contributed by atoms with Gasteiger partial charge >= 0.3 is 0 Å². The van der Waals surface area contributed by atoms with E-state index in [0.29, 0.717) is 23.9 Å². The fraction of sp³-hybridized carbons (Fsp3) is 0.429. The first-order valence-electron chi connectivity index (χ1n) is 8.67. The minimum absolute atomic E-state index is 0.144. The summed E-state index contributed by atoms with van der Waals surface area (Å²) >= 11 is 0. The standard InChI is InChI=1S/C21H24FN/c1-14-3-5-15(6-4-14)19-13-18-11-12-20(23(18)2)21(19)16-7-9-17(22)10-8-16/h3-10,18-21H,11-13H2,1-2H3/t18-,19-,20+,21+/m1/s1. The number of hydrogen-bond donors (Lipinski definition) is 0. The van der Waals surface area contributed by atoms with Crippen LogP contribution >= 0.6 is 0 Å². The summed E-state index contributed by atoms with van der Waals surface area (Å²) in [6, 6.07) is 17.5. The average Bonchev–Trinajstić information content (AvgIpc) is 2.80. The van der Waals surface area contributed by atoms with E-state index in [-0.39, 0.29) is 5.82 Å². The maximum Gasteiger partial charge on any atom is 0.123 e.